The summed E-state index contributed by atoms with van der Waals surface area (Å²) in [5.74, 6) is -9.84. The van der Waals surface area contributed by atoms with Crippen LogP contribution in [0.4, 0.5) is 0 Å². The van der Waals surface area contributed by atoms with Gasteiger partial charge in [-0.1, -0.05) is 0 Å². The van der Waals surface area contributed by atoms with Crippen LogP contribution in [0.1, 0.15) is 39.0 Å². The summed E-state index contributed by atoms with van der Waals surface area (Å²) in [6, 6.07) is 0. The summed E-state index contributed by atoms with van der Waals surface area (Å²) >= 11 is 0. The predicted octanol–water partition coefficient (Wildman–Crippen LogP) is -2.47. The zero-order valence-corrected chi connectivity index (χ0v) is 21.5. The maximum Gasteiger partial charge on any atom is 0.337 e. The van der Waals surface area contributed by atoms with E-state index in [0.29, 0.717) is 0 Å². The van der Waals surface area contributed by atoms with Crippen LogP contribution in [0.2, 0.25) is 0 Å². The van der Waals surface area contributed by atoms with Crippen molar-refractivity contribution in [3.8, 4) is 0 Å². The summed E-state index contributed by atoms with van der Waals surface area (Å²) in [5, 5.41) is 74.3. The van der Waals surface area contributed by atoms with Crippen LogP contribution in [0.15, 0.2) is 0 Å². The van der Waals surface area contributed by atoms with Crippen LogP contribution in [0.25, 0.3) is 0 Å². The van der Waals surface area contributed by atoms with Crippen molar-refractivity contribution in [2.45, 2.75) is 68.5 Å². The van der Waals surface area contributed by atoms with Gasteiger partial charge < -0.3 is 59.8 Å². The van der Waals surface area contributed by atoms with E-state index in [4.69, 9.17) is 34.6 Å². The topological polar surface area (TPSA) is 301 Å². The van der Waals surface area contributed by atoms with Gasteiger partial charge >= 0.3 is 35.8 Å². The van der Waals surface area contributed by atoms with Gasteiger partial charge in [-0.2, -0.15) is 0 Å². The lowest BCUT2D eigenvalue weighted by molar-refractivity contribution is -0.179. The van der Waals surface area contributed by atoms with Crippen molar-refractivity contribution < 1.29 is 88.6 Å². The highest BCUT2D eigenvalue weighted by molar-refractivity contribution is 5.89. The molecule has 0 aliphatic rings. The number of carbonyl (C=O) groups is 6. The largest absolute Gasteiger partial charge is 0.481 e. The minimum atomic E-state index is -2.88. The molecule has 8 N–H and O–H groups in total. The van der Waals surface area contributed by atoms with Crippen LogP contribution in [-0.2, 0) is 47.7 Å². The minimum Gasteiger partial charge on any atom is -0.481 e. The zero-order chi connectivity index (χ0) is 31.1. The molecule has 0 aromatic rings. The molecule has 0 aromatic heterocycles. The molecule has 18 heteroatoms. The average molecular weight is 586 g/mol. The fourth-order valence-electron chi connectivity index (χ4n) is 3.02. The third-order valence-corrected chi connectivity index (χ3v) is 5.04. The zero-order valence-electron chi connectivity index (χ0n) is 21.5. The van der Waals surface area contributed by atoms with E-state index in [2.05, 4.69) is 4.74 Å². The molecule has 0 heterocycles. The number of aliphatic hydroxyl groups is 3. The van der Waals surface area contributed by atoms with Crippen molar-refractivity contribution in [3.05, 3.63) is 0 Å². The Bertz CT molecular complexity index is 871. The maximum atomic E-state index is 11.7. The highest BCUT2D eigenvalue weighted by Crippen LogP contribution is 2.23. The summed E-state index contributed by atoms with van der Waals surface area (Å²) in [5.41, 5.74) is -5.41. The number of aliphatic carboxylic acids is 5. The quantitative estimate of drug-likeness (QED) is 0.0575. The molecule has 0 rings (SSSR count). The van der Waals surface area contributed by atoms with Gasteiger partial charge in [0.15, 0.2) is 11.2 Å². The molecule has 0 aliphatic carbocycles. The molecule has 0 saturated heterocycles. The maximum absolute atomic E-state index is 11.7. The van der Waals surface area contributed by atoms with Crippen molar-refractivity contribution in [1.29, 1.82) is 0 Å². The Morgan fingerprint density at radius 1 is 0.700 bits per heavy atom. The van der Waals surface area contributed by atoms with Gasteiger partial charge in [0.05, 0.1) is 64.3 Å². The lowest BCUT2D eigenvalue weighted by Crippen LogP contribution is -2.46. The molecule has 0 bridgehead atoms. The van der Waals surface area contributed by atoms with Gasteiger partial charge in [-0.25, -0.2) is 9.59 Å². The lowest BCUT2D eigenvalue weighted by Gasteiger charge is -2.27. The molecular weight excluding hydrogens is 552 g/mol. The van der Waals surface area contributed by atoms with E-state index < -0.39 is 104 Å². The predicted molar refractivity (Wildman–Crippen MR) is 124 cm³/mol. The first kappa shape index (κ1) is 36.6. The third kappa shape index (κ3) is 14.7. The van der Waals surface area contributed by atoms with E-state index in [1.165, 1.54) is 6.92 Å². The van der Waals surface area contributed by atoms with Crippen molar-refractivity contribution in [1.82, 2.24) is 0 Å². The number of carboxylic acid groups (broad SMARTS) is 5. The van der Waals surface area contributed by atoms with Crippen molar-refractivity contribution >= 4 is 35.8 Å². The van der Waals surface area contributed by atoms with Crippen molar-refractivity contribution in [2.24, 2.45) is 0 Å². The first-order valence-corrected chi connectivity index (χ1v) is 11.6. The average Bonchev–Trinajstić information content (AvgIpc) is 2.79. The van der Waals surface area contributed by atoms with Crippen LogP contribution in [0, 0.1) is 0 Å². The monoisotopic (exact) mass is 586 g/mol. The molecule has 0 spiro atoms. The molecule has 4 unspecified atom stereocenters. The van der Waals surface area contributed by atoms with Crippen molar-refractivity contribution in [3.63, 3.8) is 0 Å². The van der Waals surface area contributed by atoms with Gasteiger partial charge in [-0.05, 0) is 13.3 Å². The van der Waals surface area contributed by atoms with Crippen LogP contribution in [0.5, 0.6) is 0 Å². The Hall–Kier alpha value is -3.42. The second-order valence-electron chi connectivity index (χ2n) is 8.83. The van der Waals surface area contributed by atoms with Crippen molar-refractivity contribution in [2.75, 3.05) is 33.0 Å². The van der Waals surface area contributed by atoms with E-state index in [1.54, 1.807) is 0 Å². The second kappa shape index (κ2) is 17.3. The van der Waals surface area contributed by atoms with E-state index in [9.17, 15) is 49.2 Å². The smallest absolute Gasteiger partial charge is 0.337 e. The SMILES string of the molecule is CC(COCC(O)COC(=O)CC(O)(CC(=O)O)C(=O)O)OCC(O)CCOC(CC(=O)O)(CC(=O)O)C(=O)O. The van der Waals surface area contributed by atoms with Gasteiger partial charge in [-0.15, -0.1) is 0 Å². The van der Waals surface area contributed by atoms with Crippen LogP contribution in [0.3, 0.4) is 0 Å². The molecule has 40 heavy (non-hydrogen) atoms. The van der Waals surface area contributed by atoms with Gasteiger partial charge in [-0.3, -0.25) is 19.2 Å². The highest BCUT2D eigenvalue weighted by atomic mass is 16.6. The molecule has 0 aromatic carbocycles. The van der Waals surface area contributed by atoms with E-state index in [1.807, 2.05) is 0 Å². The fraction of sp³-hybridized carbons (Fsp3) is 0.727. The summed E-state index contributed by atoms with van der Waals surface area (Å²) < 4.78 is 20.2. The van der Waals surface area contributed by atoms with Gasteiger partial charge in [0.2, 0.25) is 0 Å². The second-order valence-corrected chi connectivity index (χ2v) is 8.83. The summed E-state index contributed by atoms with van der Waals surface area (Å²) in [7, 11) is 0. The Labute approximate surface area is 226 Å². The Morgan fingerprint density at radius 2 is 1.25 bits per heavy atom. The standard InChI is InChI=1S/C22H34O18/c1-12(8-37-9-14(24)11-39-18(31)7-21(36,19(32)33)4-15(25)26)38-10-13(23)2-3-40-22(20(34)35,5-16(27)28)6-17(29)30/h12-14,23-24,36H,2-11H2,1H3,(H,25,26)(H,27,28)(H,29,30)(H,32,33)(H,34,35). The van der Waals surface area contributed by atoms with Gasteiger partial charge in [0, 0.05) is 0 Å². The normalized spacial score (nSPS) is 15.3. The fourth-order valence-corrected chi connectivity index (χ4v) is 3.02. The third-order valence-electron chi connectivity index (χ3n) is 5.04. The number of esters is 1. The minimum absolute atomic E-state index is 0.120. The van der Waals surface area contributed by atoms with Crippen LogP contribution >= 0.6 is 0 Å². The summed E-state index contributed by atoms with van der Waals surface area (Å²) in [4.78, 5) is 66.8. The molecular formula is C22H34O18. The van der Waals surface area contributed by atoms with Gasteiger partial charge in [0.25, 0.3) is 0 Å². The number of carboxylic acids is 5. The Morgan fingerprint density at radius 3 is 1.73 bits per heavy atom. The van der Waals surface area contributed by atoms with E-state index in [0.717, 1.165) is 0 Å². The first-order chi connectivity index (χ1) is 18.4. The summed E-state index contributed by atoms with van der Waals surface area (Å²) in [6.07, 6.45) is -8.11. The molecule has 0 radical (unpaired) electrons. The highest BCUT2D eigenvalue weighted by Gasteiger charge is 2.44. The van der Waals surface area contributed by atoms with E-state index >= 15 is 0 Å². The number of hydrogen-bond acceptors (Lipinski definition) is 13. The Kier molecular flexibility index (Phi) is 15.8. The lowest BCUT2D eigenvalue weighted by atomic mass is 9.95. The molecule has 0 saturated carbocycles. The first-order valence-electron chi connectivity index (χ1n) is 11.6. The molecule has 0 amide bonds. The van der Waals surface area contributed by atoms with Crippen LogP contribution < -0.4 is 0 Å². The number of ether oxygens (including phenoxy) is 4. The molecule has 0 fully saturated rings. The Balaban J connectivity index is 4.41. The summed E-state index contributed by atoms with van der Waals surface area (Å²) in [6.45, 7) is -0.412. The number of carbonyl (C=O) groups excluding carboxylic acids is 1. The number of aliphatic hydroxyl groups excluding tert-OH is 2. The molecule has 230 valence electrons. The molecule has 4 atom stereocenters. The van der Waals surface area contributed by atoms with Gasteiger partial charge in [0.1, 0.15) is 12.7 Å². The molecule has 18 nitrogen and oxygen atoms in total. The number of rotatable bonds is 23. The molecule has 0 aliphatic heterocycles. The number of hydrogen-bond donors (Lipinski definition) is 8. The van der Waals surface area contributed by atoms with E-state index in [-0.39, 0.29) is 26.2 Å². The van der Waals surface area contributed by atoms with Crippen LogP contribution in [-0.4, -0.2) is 139 Å².